The van der Waals surface area contributed by atoms with Crippen molar-refractivity contribution in [3.8, 4) is 0 Å². The van der Waals surface area contributed by atoms with E-state index in [2.05, 4.69) is 10.3 Å². The van der Waals surface area contributed by atoms with Crippen LogP contribution in [-0.2, 0) is 4.74 Å². The Morgan fingerprint density at radius 3 is 2.63 bits per heavy atom. The van der Waals surface area contributed by atoms with Crippen molar-refractivity contribution < 1.29 is 13.9 Å². The van der Waals surface area contributed by atoms with Crippen LogP contribution >= 0.6 is 0 Å². The van der Waals surface area contributed by atoms with Crippen molar-refractivity contribution in [2.24, 2.45) is 0 Å². The van der Waals surface area contributed by atoms with Gasteiger partial charge in [-0.05, 0) is 61.1 Å². The molecule has 3 heterocycles. The quantitative estimate of drug-likeness (QED) is 0.887. The van der Waals surface area contributed by atoms with E-state index in [9.17, 15) is 9.18 Å². The van der Waals surface area contributed by atoms with Crippen molar-refractivity contribution in [3.05, 3.63) is 65.7 Å². The highest BCUT2D eigenvalue weighted by Gasteiger charge is 2.34. The summed E-state index contributed by atoms with van der Waals surface area (Å²) in [7, 11) is 0. The molecule has 1 N–H and O–H groups in total. The van der Waals surface area contributed by atoms with Crippen molar-refractivity contribution >= 4 is 6.03 Å². The Hall–Kier alpha value is -2.47. The van der Waals surface area contributed by atoms with Crippen molar-refractivity contribution in [2.45, 2.75) is 43.9 Å². The number of ether oxygens (including phenoxy) is 1. The van der Waals surface area contributed by atoms with Gasteiger partial charge in [0.25, 0.3) is 0 Å². The number of carbonyl (C=O) groups excluding carboxylic acids is 1. The number of urea groups is 1. The predicted octanol–water partition coefficient (Wildman–Crippen LogP) is 3.99. The summed E-state index contributed by atoms with van der Waals surface area (Å²) in [6, 6.07) is 9.93. The molecule has 0 aliphatic carbocycles. The highest BCUT2D eigenvalue weighted by Crippen LogP contribution is 2.33. The molecule has 0 radical (unpaired) electrons. The van der Waals surface area contributed by atoms with Crippen LogP contribution in [0.3, 0.4) is 0 Å². The molecule has 5 nitrogen and oxygen atoms in total. The zero-order chi connectivity index (χ0) is 18.6. The van der Waals surface area contributed by atoms with Crippen molar-refractivity contribution in [3.63, 3.8) is 0 Å². The van der Waals surface area contributed by atoms with E-state index < -0.39 is 0 Å². The molecule has 0 saturated carbocycles. The first-order chi connectivity index (χ1) is 13.2. The molecule has 3 atom stereocenters. The van der Waals surface area contributed by atoms with Gasteiger partial charge < -0.3 is 15.0 Å². The van der Waals surface area contributed by atoms with Gasteiger partial charge in [0.1, 0.15) is 5.82 Å². The minimum absolute atomic E-state index is 0.0614. The van der Waals surface area contributed by atoms with E-state index in [1.807, 2.05) is 17.0 Å². The van der Waals surface area contributed by atoms with Crippen molar-refractivity contribution in [1.29, 1.82) is 0 Å². The summed E-state index contributed by atoms with van der Waals surface area (Å²) in [4.78, 5) is 19.1. The standard InChI is InChI=1S/C21H24FN3O2/c22-17-7-5-16(6-8-17)20(19-4-2-14-27-19)24-21(26)25-13-1-3-18(25)15-9-11-23-12-10-15/h5-12,18-20H,1-4,13-14H2,(H,24,26)/t18-,19+,20-/m1/s1. The highest BCUT2D eigenvalue weighted by molar-refractivity contribution is 5.75. The summed E-state index contributed by atoms with van der Waals surface area (Å²) in [5, 5.41) is 3.16. The molecule has 2 saturated heterocycles. The van der Waals surface area contributed by atoms with Crippen LogP contribution in [0.4, 0.5) is 9.18 Å². The number of halogens is 1. The first kappa shape index (κ1) is 17.9. The first-order valence-electron chi connectivity index (χ1n) is 9.56. The maximum atomic E-state index is 13.3. The average molecular weight is 369 g/mol. The third-order valence-electron chi connectivity index (χ3n) is 5.45. The molecule has 0 bridgehead atoms. The van der Waals surface area contributed by atoms with E-state index in [0.717, 1.165) is 43.4 Å². The lowest BCUT2D eigenvalue weighted by atomic mass is 9.99. The monoisotopic (exact) mass is 369 g/mol. The van der Waals surface area contributed by atoms with Crippen LogP contribution in [-0.4, -0.2) is 35.2 Å². The van der Waals surface area contributed by atoms with Gasteiger partial charge >= 0.3 is 6.03 Å². The molecule has 0 spiro atoms. The number of carbonyl (C=O) groups is 1. The molecule has 27 heavy (non-hydrogen) atoms. The third kappa shape index (κ3) is 3.95. The number of rotatable bonds is 4. The second kappa shape index (κ2) is 8.05. The number of amides is 2. The molecule has 0 unspecified atom stereocenters. The molecule has 6 heteroatoms. The number of hydrogen-bond donors (Lipinski definition) is 1. The van der Waals surface area contributed by atoms with Gasteiger partial charge in [-0.2, -0.15) is 0 Å². The predicted molar refractivity (Wildman–Crippen MR) is 99.6 cm³/mol. The SMILES string of the molecule is O=C(N[C@H](c1ccc(F)cc1)[C@@H]1CCCO1)N1CCC[C@@H]1c1ccncc1. The van der Waals surface area contributed by atoms with E-state index in [0.29, 0.717) is 6.61 Å². The second-order valence-corrected chi connectivity index (χ2v) is 7.16. The maximum Gasteiger partial charge on any atom is 0.318 e. The van der Waals surface area contributed by atoms with Gasteiger partial charge in [-0.1, -0.05) is 12.1 Å². The Labute approximate surface area is 158 Å². The number of benzene rings is 1. The minimum atomic E-state index is -0.284. The largest absolute Gasteiger partial charge is 0.376 e. The Bertz CT molecular complexity index is 763. The number of pyridine rings is 1. The molecular formula is C21H24FN3O2. The Balaban J connectivity index is 1.53. The summed E-state index contributed by atoms with van der Waals surface area (Å²) in [5.41, 5.74) is 1.98. The zero-order valence-electron chi connectivity index (χ0n) is 15.2. The van der Waals surface area contributed by atoms with Crippen LogP contribution in [0, 0.1) is 5.82 Å². The van der Waals surface area contributed by atoms with Crippen LogP contribution < -0.4 is 5.32 Å². The van der Waals surface area contributed by atoms with Gasteiger partial charge in [-0.25, -0.2) is 9.18 Å². The Kier molecular flexibility index (Phi) is 5.34. The Morgan fingerprint density at radius 2 is 1.93 bits per heavy atom. The van der Waals surface area contributed by atoms with Crippen molar-refractivity contribution in [2.75, 3.05) is 13.2 Å². The zero-order valence-corrected chi connectivity index (χ0v) is 15.2. The van der Waals surface area contributed by atoms with E-state index in [4.69, 9.17) is 4.74 Å². The smallest absolute Gasteiger partial charge is 0.318 e. The number of aromatic nitrogens is 1. The lowest BCUT2D eigenvalue weighted by molar-refractivity contribution is 0.0775. The molecule has 2 fully saturated rings. The van der Waals surface area contributed by atoms with Crippen LogP contribution in [0.1, 0.15) is 48.9 Å². The van der Waals surface area contributed by atoms with Gasteiger partial charge in [-0.3, -0.25) is 4.98 Å². The second-order valence-electron chi connectivity index (χ2n) is 7.16. The Morgan fingerprint density at radius 1 is 1.15 bits per heavy atom. The van der Waals surface area contributed by atoms with Crippen LogP contribution in [0.25, 0.3) is 0 Å². The van der Waals surface area contributed by atoms with Gasteiger partial charge in [0.15, 0.2) is 0 Å². The first-order valence-corrected chi connectivity index (χ1v) is 9.56. The summed E-state index contributed by atoms with van der Waals surface area (Å²) in [6.45, 7) is 1.42. The molecule has 2 amide bonds. The number of hydrogen-bond acceptors (Lipinski definition) is 3. The lowest BCUT2D eigenvalue weighted by Gasteiger charge is -2.30. The molecule has 4 rings (SSSR count). The van der Waals surface area contributed by atoms with Crippen LogP contribution in [0.15, 0.2) is 48.8 Å². The molecule has 1 aromatic heterocycles. The topological polar surface area (TPSA) is 54.5 Å². The van der Waals surface area contributed by atoms with Gasteiger partial charge in [0.2, 0.25) is 0 Å². The molecule has 2 aromatic rings. The van der Waals surface area contributed by atoms with E-state index >= 15 is 0 Å². The van der Waals surface area contributed by atoms with E-state index in [1.54, 1.807) is 24.5 Å². The lowest BCUT2D eigenvalue weighted by Crippen LogP contribution is -2.44. The van der Waals surface area contributed by atoms with E-state index in [-0.39, 0.29) is 30.0 Å². The number of nitrogens with zero attached hydrogens (tertiary/aromatic N) is 2. The number of nitrogens with one attached hydrogen (secondary N) is 1. The van der Waals surface area contributed by atoms with Crippen LogP contribution in [0.2, 0.25) is 0 Å². The van der Waals surface area contributed by atoms with E-state index in [1.165, 1.54) is 12.1 Å². The summed E-state index contributed by atoms with van der Waals surface area (Å²) < 4.78 is 19.2. The normalized spacial score (nSPS) is 23.4. The number of likely N-dealkylation sites (tertiary alicyclic amines) is 1. The minimum Gasteiger partial charge on any atom is -0.376 e. The van der Waals surface area contributed by atoms with Crippen LogP contribution in [0.5, 0.6) is 0 Å². The summed E-state index contributed by atoms with van der Waals surface area (Å²) in [5.74, 6) is -0.284. The molecule has 1 aromatic carbocycles. The molecular weight excluding hydrogens is 345 g/mol. The maximum absolute atomic E-state index is 13.3. The highest BCUT2D eigenvalue weighted by atomic mass is 19.1. The molecule has 142 valence electrons. The summed E-state index contributed by atoms with van der Waals surface area (Å²) >= 11 is 0. The fourth-order valence-corrected chi connectivity index (χ4v) is 4.08. The molecule has 2 aliphatic heterocycles. The van der Waals surface area contributed by atoms with Crippen molar-refractivity contribution in [1.82, 2.24) is 15.2 Å². The molecule has 2 aliphatic rings. The summed E-state index contributed by atoms with van der Waals surface area (Å²) in [6.07, 6.45) is 7.22. The third-order valence-corrected chi connectivity index (χ3v) is 5.45. The fourth-order valence-electron chi connectivity index (χ4n) is 4.08. The van der Waals surface area contributed by atoms with Gasteiger partial charge in [0, 0.05) is 25.5 Å². The van der Waals surface area contributed by atoms with Gasteiger partial charge in [0.05, 0.1) is 18.2 Å². The average Bonchev–Trinajstić information content (AvgIpc) is 3.39. The fraction of sp³-hybridized carbons (Fsp3) is 0.429. The van der Waals surface area contributed by atoms with Gasteiger partial charge in [-0.15, -0.1) is 0 Å².